The van der Waals surface area contributed by atoms with Gasteiger partial charge in [-0.2, -0.15) is 0 Å². The number of ether oxygens (including phenoxy) is 2. The van der Waals surface area contributed by atoms with Crippen molar-refractivity contribution < 1.29 is 9.47 Å². The number of nitrogens with zero attached hydrogens (tertiary/aromatic N) is 16. The number of pyridine rings is 4. The van der Waals surface area contributed by atoms with Crippen molar-refractivity contribution in [1.82, 2.24) is 73.0 Å². The zero-order chi connectivity index (χ0) is 90.7. The summed E-state index contributed by atoms with van der Waals surface area (Å²) in [6.07, 6.45) is 16.6. The van der Waals surface area contributed by atoms with E-state index in [9.17, 15) is 19.2 Å². The summed E-state index contributed by atoms with van der Waals surface area (Å²) in [6.45, 7) is 19.3. The molecule has 8 aromatic carbocycles. The maximum Gasteiger partial charge on any atom is 0.263 e. The number of imidazole rings is 2. The van der Waals surface area contributed by atoms with E-state index in [1.165, 1.54) is 32.5 Å². The molecule has 17 aromatic rings. The average Bonchev–Trinajstić information content (AvgIpc) is 1.68. The number of aromatic nitrogens is 14. The van der Waals surface area contributed by atoms with Gasteiger partial charge in [0.1, 0.15) is 41.9 Å². The van der Waals surface area contributed by atoms with Crippen LogP contribution in [0, 0.1) is 55.4 Å². The smallest absolute Gasteiger partial charge is 0.263 e. The van der Waals surface area contributed by atoms with Crippen molar-refractivity contribution in [2.24, 2.45) is 10.7 Å². The van der Waals surface area contributed by atoms with E-state index >= 15 is 0 Å². The lowest BCUT2D eigenvalue weighted by molar-refractivity contribution is -0.0298. The molecule has 27 heteroatoms. The van der Waals surface area contributed by atoms with Gasteiger partial charge in [-0.1, -0.05) is 173 Å². The Labute approximate surface area is 761 Å². The van der Waals surface area contributed by atoms with Crippen LogP contribution in [0.4, 0.5) is 17.3 Å². The molecule has 129 heavy (non-hydrogen) atoms. The van der Waals surface area contributed by atoms with E-state index in [2.05, 4.69) is 101 Å². The Kier molecular flexibility index (Phi) is 28.6. The Morgan fingerprint density at radius 1 is 0.473 bits per heavy atom. The van der Waals surface area contributed by atoms with E-state index in [-0.39, 0.29) is 40.5 Å². The van der Waals surface area contributed by atoms with Crippen LogP contribution in [-0.2, 0) is 34.4 Å². The lowest BCUT2D eigenvalue weighted by Gasteiger charge is -2.27. The lowest BCUT2D eigenvalue weighted by Crippen LogP contribution is -2.28. The minimum absolute atomic E-state index is 0.00579. The number of para-hydroxylation sites is 4. The molecule has 9 aromatic heterocycles. The molecule has 0 bridgehead atoms. The third-order valence-electron chi connectivity index (χ3n) is 23.9. The highest BCUT2D eigenvalue weighted by Crippen LogP contribution is 2.42. The number of H-pyrrole nitrogens is 1. The van der Waals surface area contributed by atoms with Crippen LogP contribution in [0.15, 0.2) is 250 Å². The van der Waals surface area contributed by atoms with E-state index < -0.39 is 0 Å². The molecule has 0 amide bonds. The molecule has 2 fully saturated rings. The maximum atomic E-state index is 13.9. The first-order chi connectivity index (χ1) is 62.7. The van der Waals surface area contributed by atoms with E-state index in [1.807, 2.05) is 280 Å². The number of nitrogens with one attached hydrogen (secondary N) is 2. The Morgan fingerprint density at radius 2 is 0.891 bits per heavy atom. The second-order valence-electron chi connectivity index (χ2n) is 32.5. The van der Waals surface area contributed by atoms with Crippen LogP contribution in [0.5, 0.6) is 0 Å². The molecule has 25 nitrogen and oxygen atoms in total. The molecule has 0 spiro atoms. The third-order valence-corrected chi connectivity index (χ3v) is 24.7. The quantitative estimate of drug-likeness (QED) is 0.0635. The molecule has 3 unspecified atom stereocenters. The van der Waals surface area contributed by atoms with E-state index in [0.717, 1.165) is 206 Å². The normalized spacial score (nSPS) is 14.5. The van der Waals surface area contributed by atoms with Gasteiger partial charge in [0.15, 0.2) is 28.1 Å². The zero-order valence-corrected chi connectivity index (χ0v) is 76.9. The molecule has 0 saturated carbocycles. The Morgan fingerprint density at radius 3 is 1.35 bits per heavy atom. The van der Waals surface area contributed by atoms with Gasteiger partial charge >= 0.3 is 0 Å². The summed E-state index contributed by atoms with van der Waals surface area (Å²) < 4.78 is 21.0. The van der Waals surface area contributed by atoms with Crippen LogP contribution >= 0.6 is 27.5 Å². The number of alkyl halides is 1. The number of aromatic amines is 1. The standard InChI is InChI=1S/C30H31N5O2.C24H22N6O.C19H20N2O.C18H16BrNO.C10H11ClN4O.CH5N/c1-19-9-4-5-12-24(19)35-22(15-21-11-8-10-20(2)26(21)30(35)36)17-34(3)29-28-27(32-18-33-29)23(16-31-28)25-13-6-7-14-37-25;1-15-7-4-5-10-19(15)30-18(11-17-9-6-8-16(2)20(17)24(30)31)12-29(3)23-21-22(26-13-25-21)27-14-28-23;1-13-7-4-5-10-17(13)21-16(12-20-3)11-15-9-6-8-14(2)18(15)19(21)22;1-12-6-3-4-9-16(12)20-15(11-19)10-14-8-5-7-13(2)17(14)18(20)21;11-9-8-10(13-5-12-9)15(6-14-8)7-3-1-2-4-16-7;1-2/h4-5,8-12,15-16,18,23,25H,6-7,13-14,17H2,1-3H3;4-11,13-14H,12H2,1-3H3,(H,25,26,27,28);4-11,20H,12H2,1-3H3;3-10H,11H2,1-2H3;5-7H,1-4H2;2H2,1H3. The van der Waals surface area contributed by atoms with Crippen molar-refractivity contribution in [3.63, 3.8) is 0 Å². The van der Waals surface area contributed by atoms with E-state index in [1.54, 1.807) is 19.0 Å². The van der Waals surface area contributed by atoms with Crippen molar-refractivity contribution in [1.29, 1.82) is 0 Å². The molecule has 0 aliphatic carbocycles. The molecule has 12 heterocycles. The number of halogens is 2. The van der Waals surface area contributed by atoms with Gasteiger partial charge in [0.2, 0.25) is 0 Å². The minimum atomic E-state index is -0.0114. The highest BCUT2D eigenvalue weighted by atomic mass is 79.9. The molecule has 3 atom stereocenters. The summed E-state index contributed by atoms with van der Waals surface area (Å²) in [5.74, 6) is 1.54. The minimum Gasteiger partial charge on any atom is -0.377 e. The largest absolute Gasteiger partial charge is 0.377 e. The van der Waals surface area contributed by atoms with E-state index in [0.29, 0.717) is 41.3 Å². The van der Waals surface area contributed by atoms with Gasteiger partial charge in [0.05, 0.1) is 87.8 Å². The molecule has 3 aliphatic heterocycles. The summed E-state index contributed by atoms with van der Waals surface area (Å²) in [5, 5.41) is 11.2. The van der Waals surface area contributed by atoms with Crippen molar-refractivity contribution in [2.45, 2.75) is 137 Å². The molecular formula is C102H105BrClN19O6. The van der Waals surface area contributed by atoms with Gasteiger partial charge in [0, 0.05) is 68.2 Å². The van der Waals surface area contributed by atoms with Gasteiger partial charge in [-0.25, -0.2) is 39.9 Å². The van der Waals surface area contributed by atoms with Crippen molar-refractivity contribution in [2.75, 3.05) is 51.2 Å². The molecule has 20 rings (SSSR count). The number of hydrogen-bond acceptors (Lipinski definition) is 19. The summed E-state index contributed by atoms with van der Waals surface area (Å²) in [4.78, 5) is 100. The Hall–Kier alpha value is -13.3. The summed E-state index contributed by atoms with van der Waals surface area (Å²) in [5.41, 5.74) is 24.7. The first-order valence-electron chi connectivity index (χ1n) is 43.3. The first kappa shape index (κ1) is 90.4. The number of anilines is 2. The fourth-order valence-electron chi connectivity index (χ4n) is 17.5. The number of aliphatic imine (C=N–C) groups is 1. The molecular weight excluding hydrogens is 1700 g/mol. The van der Waals surface area contributed by atoms with Crippen molar-refractivity contribution in [3.05, 3.63) is 345 Å². The number of rotatable bonds is 15. The van der Waals surface area contributed by atoms with E-state index in [4.69, 9.17) is 26.1 Å². The fraction of sp³-hybridized carbons (Fsp3) is 0.265. The van der Waals surface area contributed by atoms with Crippen LogP contribution in [-0.4, -0.2) is 121 Å². The van der Waals surface area contributed by atoms with Crippen LogP contribution < -0.4 is 43.1 Å². The van der Waals surface area contributed by atoms with Gasteiger partial charge in [-0.3, -0.25) is 47.0 Å². The Balaban J connectivity index is 0.000000127. The zero-order valence-electron chi connectivity index (χ0n) is 74.6. The Bertz CT molecular complexity index is 7270. The van der Waals surface area contributed by atoms with Gasteiger partial charge in [-0.15, -0.1) is 0 Å². The second-order valence-corrected chi connectivity index (χ2v) is 33.5. The first-order valence-corrected chi connectivity index (χ1v) is 44.8. The van der Waals surface area contributed by atoms with Crippen LogP contribution in [0.3, 0.4) is 0 Å². The summed E-state index contributed by atoms with van der Waals surface area (Å²) in [6, 6.07) is 64.3. The lowest BCUT2D eigenvalue weighted by atomic mass is 9.94. The molecule has 4 N–H and O–H groups in total. The predicted octanol–water partition coefficient (Wildman–Crippen LogP) is 18.9. The molecule has 2 saturated heterocycles. The maximum absolute atomic E-state index is 13.9. The number of fused-ring (bicyclic) bond motifs is 7. The van der Waals surface area contributed by atoms with Crippen molar-refractivity contribution in [3.8, 4) is 22.7 Å². The van der Waals surface area contributed by atoms with Crippen LogP contribution in [0.2, 0.25) is 5.15 Å². The fourth-order valence-corrected chi connectivity index (χ4v) is 18.1. The molecule has 3 aliphatic rings. The monoisotopic (exact) mass is 1810 g/mol. The highest BCUT2D eigenvalue weighted by molar-refractivity contribution is 9.08. The SMILES string of the molecule is CN.CNCc1cc2cccc(C)c2c(=O)n1-c1ccccc1C.Cc1ccccc1-n1c(CBr)cc2cccc(C)c2c1=O.Cc1ccccc1-n1c(CN(C)c2ncnc3c2N=CC3C2CCCCO2)cc2cccc(C)c2c1=O.Cc1ccccc1-n1c(CN(C)c2ncnc3nc[nH]c23)cc2cccc(C)c2c1=O.Clc1ncnc2c1ncn2C1CCCCO1. The van der Waals surface area contributed by atoms with Crippen molar-refractivity contribution >= 4 is 116 Å². The predicted molar refractivity (Wildman–Crippen MR) is 523 cm³/mol. The van der Waals surface area contributed by atoms with Crippen LogP contribution in [0.25, 0.3) is 88.2 Å². The number of hydrogen-bond donors (Lipinski definition) is 3. The van der Waals surface area contributed by atoms with Gasteiger partial charge in [0.25, 0.3) is 22.2 Å². The summed E-state index contributed by atoms with van der Waals surface area (Å²) >= 11 is 9.45. The van der Waals surface area contributed by atoms with Crippen LogP contribution in [0.1, 0.15) is 124 Å². The van der Waals surface area contributed by atoms with Gasteiger partial charge < -0.3 is 35.3 Å². The number of aryl methyl sites for hydroxylation is 8. The summed E-state index contributed by atoms with van der Waals surface area (Å²) in [7, 11) is 7.35. The third kappa shape index (κ3) is 18.9. The molecule has 0 radical (unpaired) electrons. The highest BCUT2D eigenvalue weighted by Gasteiger charge is 2.34. The van der Waals surface area contributed by atoms with Gasteiger partial charge in [-0.05, 0) is 223 Å². The number of benzene rings is 8. The number of nitrogens with two attached hydrogens (primary N) is 1. The second kappa shape index (κ2) is 40.7. The average molecular weight is 1810 g/mol. The topological polar surface area (TPSA) is 287 Å². The molecule has 658 valence electrons.